The third kappa shape index (κ3) is 3.73. The highest BCUT2D eigenvalue weighted by Gasteiger charge is 2.17. The van der Waals surface area contributed by atoms with Crippen LogP contribution >= 0.6 is 11.6 Å². The van der Waals surface area contributed by atoms with Crippen molar-refractivity contribution in [3.63, 3.8) is 0 Å². The largest absolute Gasteiger partial charge is 0.244 e. The van der Waals surface area contributed by atoms with Gasteiger partial charge in [-0.25, -0.2) is 18.1 Å². The minimum absolute atomic E-state index is 0.0815. The number of aromatic nitrogens is 1. The second-order valence-electron chi connectivity index (χ2n) is 3.63. The molecule has 0 amide bonds. The van der Waals surface area contributed by atoms with E-state index in [1.807, 2.05) is 13.8 Å². The van der Waals surface area contributed by atoms with Crippen molar-refractivity contribution in [3.05, 3.63) is 23.5 Å². The molecular formula is C10H15ClN2O2S. The Morgan fingerprint density at radius 1 is 1.56 bits per heavy atom. The molecule has 0 aromatic carbocycles. The summed E-state index contributed by atoms with van der Waals surface area (Å²) in [6.45, 7) is 3.85. The molecule has 90 valence electrons. The molecular weight excluding hydrogens is 248 g/mol. The monoisotopic (exact) mass is 262 g/mol. The highest BCUT2D eigenvalue weighted by molar-refractivity contribution is 7.89. The molecule has 0 saturated carbocycles. The summed E-state index contributed by atoms with van der Waals surface area (Å²) in [4.78, 5) is 3.89. The third-order valence-corrected chi connectivity index (χ3v) is 3.88. The van der Waals surface area contributed by atoms with E-state index >= 15 is 0 Å². The molecule has 1 atom stereocenters. The molecule has 0 aliphatic carbocycles. The van der Waals surface area contributed by atoms with Crippen LogP contribution in [-0.2, 0) is 10.0 Å². The number of hydrogen-bond donors (Lipinski definition) is 1. The summed E-state index contributed by atoms with van der Waals surface area (Å²) in [6, 6.07) is 2.68. The first-order valence-corrected chi connectivity index (χ1v) is 6.95. The Morgan fingerprint density at radius 3 is 2.81 bits per heavy atom. The molecule has 1 aromatic rings. The Morgan fingerprint density at radius 2 is 2.25 bits per heavy atom. The van der Waals surface area contributed by atoms with E-state index in [4.69, 9.17) is 11.6 Å². The molecule has 16 heavy (non-hydrogen) atoms. The third-order valence-electron chi connectivity index (χ3n) is 2.09. The molecule has 1 aromatic heterocycles. The fraction of sp³-hybridized carbons (Fsp3) is 0.500. The van der Waals surface area contributed by atoms with Gasteiger partial charge in [0.1, 0.15) is 5.15 Å². The molecule has 1 N–H and O–H groups in total. The standard InChI is InChI=1S/C10H15ClN2O2S/c1-3-4-8(2)13-16(14,15)9-5-6-12-10(11)7-9/h5-8,13H,3-4H2,1-2H3. The van der Waals surface area contributed by atoms with Crippen LogP contribution in [0.5, 0.6) is 0 Å². The van der Waals surface area contributed by atoms with E-state index in [9.17, 15) is 8.42 Å². The first-order chi connectivity index (χ1) is 7.45. The summed E-state index contributed by atoms with van der Waals surface area (Å²) in [7, 11) is -3.48. The molecule has 0 fully saturated rings. The van der Waals surface area contributed by atoms with Crippen LogP contribution in [0.1, 0.15) is 26.7 Å². The van der Waals surface area contributed by atoms with Crippen molar-refractivity contribution in [1.82, 2.24) is 9.71 Å². The van der Waals surface area contributed by atoms with Crippen molar-refractivity contribution in [3.8, 4) is 0 Å². The van der Waals surface area contributed by atoms with Crippen molar-refractivity contribution < 1.29 is 8.42 Å². The molecule has 1 heterocycles. The second kappa shape index (κ2) is 5.61. The number of nitrogens with one attached hydrogen (secondary N) is 1. The van der Waals surface area contributed by atoms with Crippen LogP contribution in [0.3, 0.4) is 0 Å². The van der Waals surface area contributed by atoms with Crippen molar-refractivity contribution in [2.45, 2.75) is 37.6 Å². The molecule has 0 aliphatic heterocycles. The Hall–Kier alpha value is -0.650. The zero-order chi connectivity index (χ0) is 12.2. The van der Waals surface area contributed by atoms with E-state index in [-0.39, 0.29) is 16.1 Å². The van der Waals surface area contributed by atoms with Crippen LogP contribution in [0.2, 0.25) is 5.15 Å². The first kappa shape index (κ1) is 13.4. The van der Waals surface area contributed by atoms with Gasteiger partial charge in [0.2, 0.25) is 10.0 Å². The minimum Gasteiger partial charge on any atom is -0.244 e. The summed E-state index contributed by atoms with van der Waals surface area (Å²) in [6.07, 6.45) is 3.11. The molecule has 0 saturated heterocycles. The molecule has 0 bridgehead atoms. The van der Waals surface area contributed by atoms with Gasteiger partial charge in [-0.3, -0.25) is 0 Å². The van der Waals surface area contributed by atoms with Crippen molar-refractivity contribution in [2.24, 2.45) is 0 Å². The topological polar surface area (TPSA) is 59.1 Å². The maximum atomic E-state index is 11.9. The van der Waals surface area contributed by atoms with Crippen LogP contribution in [0.4, 0.5) is 0 Å². The lowest BCUT2D eigenvalue weighted by atomic mass is 10.2. The number of pyridine rings is 1. The summed E-state index contributed by atoms with van der Waals surface area (Å²) < 4.78 is 26.3. The highest BCUT2D eigenvalue weighted by atomic mass is 35.5. The van der Waals surface area contributed by atoms with E-state index in [0.29, 0.717) is 0 Å². The van der Waals surface area contributed by atoms with Crippen LogP contribution in [0, 0.1) is 0 Å². The fourth-order valence-electron chi connectivity index (χ4n) is 1.38. The quantitative estimate of drug-likeness (QED) is 0.828. The maximum absolute atomic E-state index is 11.9. The Bertz CT molecular complexity index is 448. The molecule has 0 radical (unpaired) electrons. The van der Waals surface area contributed by atoms with Gasteiger partial charge in [0.15, 0.2) is 0 Å². The molecule has 4 nitrogen and oxygen atoms in total. The average Bonchev–Trinajstić information content (AvgIpc) is 2.17. The SMILES string of the molecule is CCCC(C)NS(=O)(=O)c1ccnc(Cl)c1. The summed E-state index contributed by atoms with van der Waals surface area (Å²) >= 11 is 5.65. The number of hydrogen-bond acceptors (Lipinski definition) is 3. The lowest BCUT2D eigenvalue weighted by Gasteiger charge is -2.13. The molecule has 0 aliphatic rings. The number of sulfonamides is 1. The van der Waals surface area contributed by atoms with Crippen LogP contribution in [-0.4, -0.2) is 19.4 Å². The lowest BCUT2D eigenvalue weighted by molar-refractivity contribution is 0.544. The maximum Gasteiger partial charge on any atom is 0.240 e. The lowest BCUT2D eigenvalue weighted by Crippen LogP contribution is -2.32. The van der Waals surface area contributed by atoms with Gasteiger partial charge in [0.05, 0.1) is 4.90 Å². The van der Waals surface area contributed by atoms with Gasteiger partial charge >= 0.3 is 0 Å². The summed E-state index contributed by atoms with van der Waals surface area (Å²) in [5.74, 6) is 0. The van der Waals surface area contributed by atoms with Gasteiger partial charge in [0.25, 0.3) is 0 Å². The van der Waals surface area contributed by atoms with E-state index < -0.39 is 10.0 Å². The van der Waals surface area contributed by atoms with Crippen molar-refractivity contribution in [2.75, 3.05) is 0 Å². The zero-order valence-corrected chi connectivity index (χ0v) is 10.8. The summed E-state index contributed by atoms with van der Waals surface area (Å²) in [5, 5.41) is 0.172. The molecule has 1 unspecified atom stereocenters. The van der Waals surface area contributed by atoms with Crippen molar-refractivity contribution >= 4 is 21.6 Å². The van der Waals surface area contributed by atoms with E-state index in [0.717, 1.165) is 12.8 Å². The number of nitrogens with zero attached hydrogens (tertiary/aromatic N) is 1. The predicted molar refractivity (Wildman–Crippen MR) is 63.9 cm³/mol. The molecule has 1 rings (SSSR count). The van der Waals surface area contributed by atoms with Gasteiger partial charge in [-0.1, -0.05) is 24.9 Å². The Labute approximate surface area is 101 Å². The van der Waals surface area contributed by atoms with Crippen molar-refractivity contribution in [1.29, 1.82) is 0 Å². The molecule has 0 spiro atoms. The second-order valence-corrected chi connectivity index (χ2v) is 5.73. The number of rotatable bonds is 5. The summed E-state index contributed by atoms with van der Waals surface area (Å²) in [5.41, 5.74) is 0. The van der Waals surface area contributed by atoms with Gasteiger partial charge in [-0.15, -0.1) is 0 Å². The van der Waals surface area contributed by atoms with Crippen LogP contribution in [0.15, 0.2) is 23.2 Å². The van der Waals surface area contributed by atoms with Crippen LogP contribution in [0.25, 0.3) is 0 Å². The normalized spacial score (nSPS) is 13.7. The highest BCUT2D eigenvalue weighted by Crippen LogP contribution is 2.13. The van der Waals surface area contributed by atoms with Gasteiger partial charge in [-0.2, -0.15) is 0 Å². The first-order valence-electron chi connectivity index (χ1n) is 5.09. The average molecular weight is 263 g/mol. The Kier molecular flexibility index (Phi) is 4.70. The number of halogens is 1. The van der Waals surface area contributed by atoms with E-state index in [2.05, 4.69) is 9.71 Å². The van der Waals surface area contributed by atoms with Crippen LogP contribution < -0.4 is 4.72 Å². The smallest absolute Gasteiger partial charge is 0.240 e. The van der Waals surface area contributed by atoms with Gasteiger partial charge < -0.3 is 0 Å². The molecule has 6 heteroatoms. The zero-order valence-electron chi connectivity index (χ0n) is 9.27. The van der Waals surface area contributed by atoms with Gasteiger partial charge in [0, 0.05) is 12.2 Å². The van der Waals surface area contributed by atoms with E-state index in [1.54, 1.807) is 0 Å². The predicted octanol–water partition coefficient (Wildman–Crippen LogP) is 2.20. The minimum atomic E-state index is -3.48. The van der Waals surface area contributed by atoms with E-state index in [1.165, 1.54) is 18.3 Å². The van der Waals surface area contributed by atoms with Gasteiger partial charge in [-0.05, 0) is 25.5 Å². The Balaban J connectivity index is 2.86. The fourth-order valence-corrected chi connectivity index (χ4v) is 2.91.